The van der Waals surface area contributed by atoms with Crippen molar-refractivity contribution in [3.8, 4) is 0 Å². The van der Waals surface area contributed by atoms with E-state index in [4.69, 9.17) is 0 Å². The van der Waals surface area contributed by atoms with Crippen molar-refractivity contribution in [3.63, 3.8) is 0 Å². The average molecular weight is 276 g/mol. The summed E-state index contributed by atoms with van der Waals surface area (Å²) in [6, 6.07) is 4.45. The van der Waals surface area contributed by atoms with Crippen LogP contribution in [0.1, 0.15) is 18.4 Å². The highest BCUT2D eigenvalue weighted by atomic mass is 16.2. The molecule has 1 saturated heterocycles. The first-order valence-corrected chi connectivity index (χ1v) is 7.19. The van der Waals surface area contributed by atoms with Crippen molar-refractivity contribution in [1.82, 2.24) is 20.1 Å². The van der Waals surface area contributed by atoms with Crippen molar-refractivity contribution < 1.29 is 4.79 Å². The van der Waals surface area contributed by atoms with Gasteiger partial charge >= 0.3 is 0 Å². The maximum absolute atomic E-state index is 11.7. The summed E-state index contributed by atoms with van der Waals surface area (Å²) < 4.78 is 0. The molecule has 1 aliphatic rings. The van der Waals surface area contributed by atoms with Gasteiger partial charge in [0.05, 0.1) is 6.54 Å². The highest BCUT2D eigenvalue weighted by molar-refractivity contribution is 5.78. The number of likely N-dealkylation sites (tertiary alicyclic amines) is 1. The summed E-state index contributed by atoms with van der Waals surface area (Å²) in [5.74, 6) is 0.127. The van der Waals surface area contributed by atoms with Gasteiger partial charge in [-0.25, -0.2) is 0 Å². The van der Waals surface area contributed by atoms with Crippen LogP contribution in [0.2, 0.25) is 0 Å². The van der Waals surface area contributed by atoms with Crippen molar-refractivity contribution in [1.29, 1.82) is 0 Å². The number of amides is 1. The van der Waals surface area contributed by atoms with Crippen LogP contribution in [0.3, 0.4) is 0 Å². The van der Waals surface area contributed by atoms with E-state index in [1.165, 1.54) is 5.56 Å². The number of carbonyl (C=O) groups is 1. The molecule has 2 heterocycles. The van der Waals surface area contributed by atoms with Crippen LogP contribution >= 0.6 is 0 Å². The van der Waals surface area contributed by atoms with Crippen molar-refractivity contribution in [3.05, 3.63) is 30.1 Å². The molecule has 5 heteroatoms. The van der Waals surface area contributed by atoms with Crippen LogP contribution in [0.5, 0.6) is 0 Å². The third kappa shape index (κ3) is 4.90. The molecule has 20 heavy (non-hydrogen) atoms. The summed E-state index contributed by atoms with van der Waals surface area (Å²) in [4.78, 5) is 20.1. The molecule has 1 N–H and O–H groups in total. The normalized spacial score (nSPS) is 17.4. The highest BCUT2D eigenvalue weighted by Gasteiger charge is 2.20. The van der Waals surface area contributed by atoms with Crippen molar-refractivity contribution in [2.24, 2.45) is 0 Å². The van der Waals surface area contributed by atoms with Gasteiger partial charge in [0.1, 0.15) is 0 Å². The van der Waals surface area contributed by atoms with Gasteiger partial charge in [-0.1, -0.05) is 0 Å². The molecule has 0 saturated carbocycles. The third-order valence-electron chi connectivity index (χ3n) is 3.57. The number of pyridine rings is 1. The SMILES string of the molecule is CN(C)CC(=O)NC1CCN(Cc2ccncc2)CC1. The van der Waals surface area contributed by atoms with E-state index in [1.807, 2.05) is 31.4 Å². The van der Waals surface area contributed by atoms with Crippen LogP contribution < -0.4 is 5.32 Å². The third-order valence-corrected chi connectivity index (χ3v) is 3.57. The Kier molecular flexibility index (Phi) is 5.49. The van der Waals surface area contributed by atoms with Gasteiger partial charge in [-0.15, -0.1) is 0 Å². The van der Waals surface area contributed by atoms with Crippen molar-refractivity contribution >= 4 is 5.91 Å². The molecule has 2 rings (SSSR count). The smallest absolute Gasteiger partial charge is 0.234 e. The molecule has 0 bridgehead atoms. The molecule has 0 aliphatic carbocycles. The number of piperidine rings is 1. The van der Waals surface area contributed by atoms with Crippen LogP contribution in [0, 0.1) is 0 Å². The summed E-state index contributed by atoms with van der Waals surface area (Å²) in [7, 11) is 3.83. The molecule has 1 aliphatic heterocycles. The lowest BCUT2D eigenvalue weighted by molar-refractivity contribution is -0.122. The van der Waals surface area contributed by atoms with Crippen LogP contribution in [0.25, 0.3) is 0 Å². The lowest BCUT2D eigenvalue weighted by Gasteiger charge is -2.32. The Bertz CT molecular complexity index is 413. The fourth-order valence-corrected chi connectivity index (χ4v) is 2.54. The molecule has 0 unspecified atom stereocenters. The Morgan fingerprint density at radius 1 is 1.35 bits per heavy atom. The standard InChI is InChI=1S/C15H24N4O/c1-18(2)12-15(20)17-14-5-9-19(10-6-14)11-13-3-7-16-8-4-13/h3-4,7-8,14H,5-6,9-12H2,1-2H3,(H,17,20). The maximum atomic E-state index is 11.7. The second-order valence-corrected chi connectivity index (χ2v) is 5.71. The summed E-state index contributed by atoms with van der Waals surface area (Å²) in [6.45, 7) is 3.52. The largest absolute Gasteiger partial charge is 0.352 e. The molecule has 0 radical (unpaired) electrons. The zero-order valence-corrected chi connectivity index (χ0v) is 12.4. The van der Waals surface area contributed by atoms with E-state index < -0.39 is 0 Å². The van der Waals surface area contributed by atoms with E-state index >= 15 is 0 Å². The molecule has 0 aromatic carbocycles. The van der Waals surface area contributed by atoms with Crippen LogP contribution in [0.15, 0.2) is 24.5 Å². The van der Waals surface area contributed by atoms with Gasteiger partial charge in [0.2, 0.25) is 5.91 Å². The first-order valence-electron chi connectivity index (χ1n) is 7.19. The summed E-state index contributed by atoms with van der Waals surface area (Å²) in [6.07, 6.45) is 5.74. The lowest BCUT2D eigenvalue weighted by Crippen LogP contribution is -2.46. The van der Waals surface area contributed by atoms with Gasteiger partial charge in [-0.3, -0.25) is 14.7 Å². The van der Waals surface area contributed by atoms with Gasteiger partial charge in [-0.2, -0.15) is 0 Å². The molecule has 0 atom stereocenters. The minimum Gasteiger partial charge on any atom is -0.352 e. The number of likely N-dealkylation sites (N-methyl/N-ethyl adjacent to an activating group) is 1. The topological polar surface area (TPSA) is 48.5 Å². The van der Waals surface area contributed by atoms with E-state index in [0.717, 1.165) is 32.5 Å². The van der Waals surface area contributed by atoms with Gasteiger partial charge in [0.15, 0.2) is 0 Å². The summed E-state index contributed by atoms with van der Waals surface area (Å²) in [5.41, 5.74) is 1.30. The van der Waals surface area contributed by atoms with Gasteiger partial charge in [0.25, 0.3) is 0 Å². The number of nitrogens with one attached hydrogen (secondary N) is 1. The molecule has 0 spiro atoms. The minimum absolute atomic E-state index is 0.127. The van der Waals surface area contributed by atoms with Crippen LogP contribution in [-0.2, 0) is 11.3 Å². The van der Waals surface area contributed by atoms with E-state index in [-0.39, 0.29) is 5.91 Å². The quantitative estimate of drug-likeness (QED) is 0.861. The lowest BCUT2D eigenvalue weighted by atomic mass is 10.0. The second kappa shape index (κ2) is 7.36. The van der Waals surface area contributed by atoms with Crippen LogP contribution in [0.4, 0.5) is 0 Å². The predicted octanol–water partition coefficient (Wildman–Crippen LogP) is 0.724. The first-order chi connectivity index (χ1) is 9.63. The molecule has 110 valence electrons. The number of carbonyl (C=O) groups excluding carboxylic acids is 1. The molecule has 1 aromatic heterocycles. The Hall–Kier alpha value is -1.46. The minimum atomic E-state index is 0.127. The monoisotopic (exact) mass is 276 g/mol. The maximum Gasteiger partial charge on any atom is 0.234 e. The van der Waals surface area contributed by atoms with E-state index in [2.05, 4.69) is 27.3 Å². The van der Waals surface area contributed by atoms with E-state index in [1.54, 1.807) is 0 Å². The van der Waals surface area contributed by atoms with E-state index in [9.17, 15) is 4.79 Å². The molecule has 1 aromatic rings. The number of nitrogens with zero attached hydrogens (tertiary/aromatic N) is 3. The second-order valence-electron chi connectivity index (χ2n) is 5.71. The number of rotatable bonds is 5. The Labute approximate surface area is 121 Å². The zero-order valence-electron chi connectivity index (χ0n) is 12.4. The first kappa shape index (κ1) is 14.9. The van der Waals surface area contributed by atoms with Crippen LogP contribution in [-0.4, -0.2) is 60.5 Å². The predicted molar refractivity (Wildman–Crippen MR) is 79.2 cm³/mol. The Balaban J connectivity index is 1.71. The summed E-state index contributed by atoms with van der Waals surface area (Å²) >= 11 is 0. The molecular formula is C15H24N4O. The van der Waals surface area contributed by atoms with E-state index in [0.29, 0.717) is 12.6 Å². The molecule has 1 amide bonds. The average Bonchev–Trinajstić information content (AvgIpc) is 2.41. The number of hydrogen-bond donors (Lipinski definition) is 1. The fourth-order valence-electron chi connectivity index (χ4n) is 2.54. The van der Waals surface area contributed by atoms with Crippen molar-refractivity contribution in [2.75, 3.05) is 33.7 Å². The summed E-state index contributed by atoms with van der Waals surface area (Å²) in [5, 5.41) is 3.12. The number of hydrogen-bond acceptors (Lipinski definition) is 4. The molecule has 5 nitrogen and oxygen atoms in total. The van der Waals surface area contributed by atoms with Gasteiger partial charge < -0.3 is 10.2 Å². The molecular weight excluding hydrogens is 252 g/mol. The Morgan fingerprint density at radius 2 is 2.00 bits per heavy atom. The zero-order chi connectivity index (χ0) is 14.4. The van der Waals surface area contributed by atoms with Gasteiger partial charge in [-0.05, 0) is 44.6 Å². The van der Waals surface area contributed by atoms with Gasteiger partial charge in [0, 0.05) is 38.1 Å². The molecule has 1 fully saturated rings. The highest BCUT2D eigenvalue weighted by Crippen LogP contribution is 2.13. The fraction of sp³-hybridized carbons (Fsp3) is 0.600. The Morgan fingerprint density at radius 3 is 2.60 bits per heavy atom. The van der Waals surface area contributed by atoms with Crippen molar-refractivity contribution in [2.45, 2.75) is 25.4 Å². The number of aromatic nitrogens is 1.